The zero-order chi connectivity index (χ0) is 12.1. The van der Waals surface area contributed by atoms with Gasteiger partial charge in [-0.2, -0.15) is 0 Å². The van der Waals surface area contributed by atoms with Crippen molar-refractivity contribution in [3.8, 4) is 0 Å². The van der Waals surface area contributed by atoms with Gasteiger partial charge in [-0.3, -0.25) is 9.78 Å². The van der Waals surface area contributed by atoms with Crippen molar-refractivity contribution < 1.29 is 15.0 Å². The van der Waals surface area contributed by atoms with Crippen LogP contribution in [0.15, 0.2) is 18.5 Å². The first-order chi connectivity index (χ1) is 7.56. The van der Waals surface area contributed by atoms with Crippen LogP contribution in [-0.4, -0.2) is 52.3 Å². The number of amides is 1. The third-order valence-electron chi connectivity index (χ3n) is 2.12. The number of hydrogen-bond acceptors (Lipinski definition) is 5. The zero-order valence-corrected chi connectivity index (χ0v) is 9.00. The van der Waals surface area contributed by atoms with Gasteiger partial charge < -0.3 is 20.8 Å². The van der Waals surface area contributed by atoms with E-state index in [0.717, 1.165) is 0 Å². The van der Waals surface area contributed by atoms with Gasteiger partial charge in [-0.15, -0.1) is 0 Å². The van der Waals surface area contributed by atoms with E-state index in [4.69, 9.17) is 10.8 Å². The fourth-order valence-electron chi connectivity index (χ4n) is 1.26. The van der Waals surface area contributed by atoms with Gasteiger partial charge in [0.1, 0.15) is 0 Å². The normalized spacial score (nSPS) is 12.2. The molecule has 0 saturated carbocycles. The van der Waals surface area contributed by atoms with E-state index in [9.17, 15) is 9.90 Å². The Morgan fingerprint density at radius 2 is 2.38 bits per heavy atom. The summed E-state index contributed by atoms with van der Waals surface area (Å²) in [5, 5.41) is 17.9. The highest BCUT2D eigenvalue weighted by atomic mass is 16.3. The molecule has 1 atom stereocenters. The Hall–Kier alpha value is -1.66. The highest BCUT2D eigenvalue weighted by Crippen LogP contribution is 2.11. The van der Waals surface area contributed by atoms with E-state index in [0.29, 0.717) is 5.56 Å². The lowest BCUT2D eigenvalue weighted by Crippen LogP contribution is -2.36. The molecule has 0 aliphatic carbocycles. The number of aliphatic hydroxyl groups excluding tert-OH is 2. The van der Waals surface area contributed by atoms with Gasteiger partial charge in [0, 0.05) is 19.8 Å². The van der Waals surface area contributed by atoms with Gasteiger partial charge in [0.15, 0.2) is 0 Å². The molecule has 0 fully saturated rings. The van der Waals surface area contributed by atoms with Crippen LogP contribution in [0, 0.1) is 0 Å². The third-order valence-corrected chi connectivity index (χ3v) is 2.12. The number of carbonyl (C=O) groups excluding carboxylic acids is 1. The summed E-state index contributed by atoms with van der Waals surface area (Å²) in [6.45, 7) is -0.333. The molecule has 88 valence electrons. The second-order valence-corrected chi connectivity index (χ2v) is 3.48. The van der Waals surface area contributed by atoms with Crippen molar-refractivity contribution in [3.05, 3.63) is 24.0 Å². The standard InChI is InChI=1S/C10H15N3O3/c1-13(5-7(15)6-14)10(16)8-2-3-12-4-9(8)11/h2-4,7,14-15H,5-6,11H2,1H3. The Balaban J connectivity index is 2.75. The van der Waals surface area contributed by atoms with Gasteiger partial charge in [0.2, 0.25) is 0 Å². The predicted octanol–water partition coefficient (Wildman–Crippen LogP) is -0.911. The molecule has 1 amide bonds. The topological polar surface area (TPSA) is 99.7 Å². The van der Waals surface area contributed by atoms with Crippen molar-refractivity contribution in [2.75, 3.05) is 25.9 Å². The Morgan fingerprint density at radius 1 is 1.69 bits per heavy atom. The third kappa shape index (κ3) is 2.91. The number of aliphatic hydroxyl groups is 2. The number of hydrogen-bond donors (Lipinski definition) is 3. The van der Waals surface area contributed by atoms with E-state index in [1.165, 1.54) is 30.4 Å². The first-order valence-electron chi connectivity index (χ1n) is 4.80. The minimum atomic E-state index is -0.947. The average molecular weight is 225 g/mol. The van der Waals surface area contributed by atoms with Crippen molar-refractivity contribution in [2.45, 2.75) is 6.10 Å². The van der Waals surface area contributed by atoms with Crippen molar-refractivity contribution >= 4 is 11.6 Å². The molecule has 0 radical (unpaired) electrons. The largest absolute Gasteiger partial charge is 0.397 e. The van der Waals surface area contributed by atoms with Crippen LogP contribution < -0.4 is 5.73 Å². The van der Waals surface area contributed by atoms with E-state index in [1.54, 1.807) is 0 Å². The molecule has 0 aliphatic heterocycles. The van der Waals surface area contributed by atoms with Crippen LogP contribution in [0.4, 0.5) is 5.69 Å². The van der Waals surface area contributed by atoms with Crippen molar-refractivity contribution in [2.24, 2.45) is 0 Å². The molecule has 6 nitrogen and oxygen atoms in total. The molecular formula is C10H15N3O3. The number of carbonyl (C=O) groups is 1. The molecule has 1 unspecified atom stereocenters. The number of nitrogen functional groups attached to an aromatic ring is 1. The Morgan fingerprint density at radius 3 is 2.94 bits per heavy atom. The summed E-state index contributed by atoms with van der Waals surface area (Å²) in [7, 11) is 1.53. The average Bonchev–Trinajstić information content (AvgIpc) is 2.28. The lowest BCUT2D eigenvalue weighted by molar-refractivity contribution is 0.0521. The van der Waals surface area contributed by atoms with E-state index >= 15 is 0 Å². The molecule has 1 aromatic heterocycles. The number of nitrogens with two attached hydrogens (primary N) is 1. The quantitative estimate of drug-likeness (QED) is 0.616. The summed E-state index contributed by atoms with van der Waals surface area (Å²) < 4.78 is 0. The molecular weight excluding hydrogens is 210 g/mol. The van der Waals surface area contributed by atoms with E-state index < -0.39 is 6.10 Å². The van der Waals surface area contributed by atoms with Gasteiger partial charge >= 0.3 is 0 Å². The molecule has 0 bridgehead atoms. The highest BCUT2D eigenvalue weighted by molar-refractivity contribution is 5.98. The van der Waals surface area contributed by atoms with E-state index in [2.05, 4.69) is 4.98 Å². The van der Waals surface area contributed by atoms with Gasteiger partial charge in [0.25, 0.3) is 5.91 Å². The second-order valence-electron chi connectivity index (χ2n) is 3.48. The fraction of sp³-hybridized carbons (Fsp3) is 0.400. The number of rotatable bonds is 4. The molecule has 0 saturated heterocycles. The number of anilines is 1. The number of pyridine rings is 1. The summed E-state index contributed by atoms with van der Waals surface area (Å²) in [6, 6.07) is 1.51. The van der Waals surface area contributed by atoms with Gasteiger partial charge in [-0.05, 0) is 6.07 Å². The molecule has 16 heavy (non-hydrogen) atoms. The Labute approximate surface area is 93.3 Å². The maximum absolute atomic E-state index is 11.8. The maximum Gasteiger partial charge on any atom is 0.255 e. The lowest BCUT2D eigenvalue weighted by atomic mass is 10.2. The van der Waals surface area contributed by atoms with Crippen LogP contribution in [0.3, 0.4) is 0 Å². The SMILES string of the molecule is CN(CC(O)CO)C(=O)c1ccncc1N. The van der Waals surface area contributed by atoms with Crippen LogP contribution in [0.25, 0.3) is 0 Å². The van der Waals surface area contributed by atoms with Crippen molar-refractivity contribution in [1.82, 2.24) is 9.88 Å². The molecule has 4 N–H and O–H groups in total. The van der Waals surface area contributed by atoms with Crippen LogP contribution in [-0.2, 0) is 0 Å². The van der Waals surface area contributed by atoms with Crippen LogP contribution in [0.5, 0.6) is 0 Å². The molecule has 1 rings (SSSR count). The molecule has 1 aromatic rings. The number of likely N-dealkylation sites (N-methyl/N-ethyl adjacent to an activating group) is 1. The Kier molecular flexibility index (Phi) is 4.21. The predicted molar refractivity (Wildman–Crippen MR) is 58.7 cm³/mol. The Bertz CT molecular complexity index is 370. The van der Waals surface area contributed by atoms with Gasteiger partial charge in [-0.25, -0.2) is 0 Å². The number of nitrogens with zero attached hydrogens (tertiary/aromatic N) is 2. The minimum absolute atomic E-state index is 0.0527. The molecule has 0 spiro atoms. The van der Waals surface area contributed by atoms with Gasteiger partial charge in [0.05, 0.1) is 30.2 Å². The molecule has 0 aliphatic rings. The minimum Gasteiger partial charge on any atom is -0.397 e. The first-order valence-corrected chi connectivity index (χ1v) is 4.80. The second kappa shape index (κ2) is 5.43. The summed E-state index contributed by atoms with van der Waals surface area (Å²) in [5.74, 6) is -0.313. The van der Waals surface area contributed by atoms with Crippen LogP contribution >= 0.6 is 0 Å². The van der Waals surface area contributed by atoms with Crippen LogP contribution in [0.2, 0.25) is 0 Å². The fourth-order valence-corrected chi connectivity index (χ4v) is 1.26. The lowest BCUT2D eigenvalue weighted by Gasteiger charge is -2.20. The van der Waals surface area contributed by atoms with E-state index in [-0.39, 0.29) is 24.7 Å². The summed E-state index contributed by atoms with van der Waals surface area (Å²) in [5.41, 5.74) is 6.23. The summed E-state index contributed by atoms with van der Waals surface area (Å²) in [4.78, 5) is 16.9. The van der Waals surface area contributed by atoms with Crippen molar-refractivity contribution in [3.63, 3.8) is 0 Å². The molecule has 1 heterocycles. The van der Waals surface area contributed by atoms with E-state index in [1.807, 2.05) is 0 Å². The first kappa shape index (κ1) is 12.4. The maximum atomic E-state index is 11.8. The van der Waals surface area contributed by atoms with Crippen LogP contribution in [0.1, 0.15) is 10.4 Å². The highest BCUT2D eigenvalue weighted by Gasteiger charge is 2.16. The molecule has 0 aromatic carbocycles. The summed E-state index contributed by atoms with van der Waals surface area (Å²) in [6.07, 6.45) is 1.92. The zero-order valence-electron chi connectivity index (χ0n) is 9.00. The van der Waals surface area contributed by atoms with Crippen molar-refractivity contribution in [1.29, 1.82) is 0 Å². The summed E-state index contributed by atoms with van der Waals surface area (Å²) >= 11 is 0. The smallest absolute Gasteiger partial charge is 0.255 e. The monoisotopic (exact) mass is 225 g/mol. The number of aromatic nitrogens is 1. The van der Waals surface area contributed by atoms with Gasteiger partial charge in [-0.1, -0.05) is 0 Å². The molecule has 6 heteroatoms.